The zero-order chi connectivity index (χ0) is 30.5. The molecular formula is C42H32N2S. The van der Waals surface area contributed by atoms with Crippen LogP contribution in [0.15, 0.2) is 121 Å². The second-order valence-electron chi connectivity index (χ2n) is 13.4. The van der Waals surface area contributed by atoms with Crippen molar-refractivity contribution in [1.29, 1.82) is 0 Å². The maximum atomic E-state index is 5.21. The summed E-state index contributed by atoms with van der Waals surface area (Å²) >= 11 is 1.92. The van der Waals surface area contributed by atoms with Crippen LogP contribution in [0.1, 0.15) is 38.8 Å². The largest absolute Gasteiger partial charge is 0.228 e. The van der Waals surface area contributed by atoms with E-state index in [2.05, 4.69) is 143 Å². The molecule has 2 nitrogen and oxygen atoms in total. The van der Waals surface area contributed by atoms with Crippen molar-refractivity contribution in [2.75, 3.05) is 0 Å². The van der Waals surface area contributed by atoms with Gasteiger partial charge in [-0.3, -0.25) is 0 Å². The van der Waals surface area contributed by atoms with Crippen molar-refractivity contribution in [2.24, 2.45) is 0 Å². The molecule has 2 aromatic heterocycles. The summed E-state index contributed by atoms with van der Waals surface area (Å²) in [6, 6.07) is 43.8. The third-order valence-electron chi connectivity index (χ3n) is 10.6. The molecule has 3 heteroatoms. The molecule has 0 unspecified atom stereocenters. The number of nitrogens with zero attached hydrogens (tertiary/aromatic N) is 2. The van der Waals surface area contributed by atoms with Crippen molar-refractivity contribution in [3.63, 3.8) is 0 Å². The number of hydrogen-bond donors (Lipinski definition) is 0. The van der Waals surface area contributed by atoms with Crippen molar-refractivity contribution >= 4 is 53.2 Å². The number of para-hydroxylation sites is 1. The highest BCUT2D eigenvalue weighted by molar-refractivity contribution is 7.26. The van der Waals surface area contributed by atoms with E-state index in [-0.39, 0.29) is 10.8 Å². The highest BCUT2D eigenvalue weighted by Gasteiger charge is 2.47. The van der Waals surface area contributed by atoms with Crippen LogP contribution in [0, 0.1) is 0 Å². The summed E-state index contributed by atoms with van der Waals surface area (Å²) in [4.78, 5) is 10.3. The fourth-order valence-electron chi connectivity index (χ4n) is 7.61. The Balaban J connectivity index is 1.31. The van der Waals surface area contributed by atoms with Gasteiger partial charge in [0.1, 0.15) is 0 Å². The van der Waals surface area contributed by atoms with Crippen molar-refractivity contribution < 1.29 is 0 Å². The number of fused-ring (bicyclic) bond motifs is 10. The molecule has 9 rings (SSSR count). The molecule has 8 aromatic rings. The molecule has 0 bridgehead atoms. The Morgan fingerprint density at radius 3 is 2.07 bits per heavy atom. The van der Waals surface area contributed by atoms with E-state index in [9.17, 15) is 0 Å². The Hall–Kier alpha value is -4.86. The van der Waals surface area contributed by atoms with Crippen molar-refractivity contribution in [3.05, 3.63) is 132 Å². The third-order valence-corrected chi connectivity index (χ3v) is 11.7. The summed E-state index contributed by atoms with van der Waals surface area (Å²) in [6.07, 6.45) is 0. The van der Waals surface area contributed by atoms with Gasteiger partial charge in [0.25, 0.3) is 0 Å². The monoisotopic (exact) mass is 596 g/mol. The zero-order valence-corrected chi connectivity index (χ0v) is 26.7. The standard InChI is InChI=1S/C42H32N2S/c1-41(2)32-24-27(40-43-33-17-11-10-16-31(33)39(44-40)26-13-6-5-7-14-26)18-20-29(32)30-21-23-35-37(38(30)42(41,3)4)36-28-15-9-8-12-25(28)19-22-34(36)45-35/h5-24H,1-4H3. The molecule has 1 aliphatic rings. The minimum absolute atomic E-state index is 0.141. The first-order valence-electron chi connectivity index (χ1n) is 15.7. The molecule has 0 radical (unpaired) electrons. The summed E-state index contributed by atoms with van der Waals surface area (Å²) < 4.78 is 2.72. The second-order valence-corrected chi connectivity index (χ2v) is 14.5. The molecule has 216 valence electrons. The average molecular weight is 597 g/mol. The van der Waals surface area contributed by atoms with Crippen LogP contribution in [-0.2, 0) is 10.8 Å². The SMILES string of the molecule is CC1(C)c2cc(-c3nc(-c4ccccc4)c4ccccc4n3)ccc2-c2ccc3sc4ccc5ccccc5c4c3c2C1(C)C. The van der Waals surface area contributed by atoms with E-state index >= 15 is 0 Å². The lowest BCUT2D eigenvalue weighted by Gasteiger charge is -2.49. The predicted molar refractivity (Wildman–Crippen MR) is 192 cm³/mol. The van der Waals surface area contributed by atoms with E-state index in [1.807, 2.05) is 17.4 Å². The van der Waals surface area contributed by atoms with Gasteiger partial charge >= 0.3 is 0 Å². The molecule has 0 saturated heterocycles. The fraction of sp³-hybridized carbons (Fsp3) is 0.143. The lowest BCUT2D eigenvalue weighted by Crippen LogP contribution is -2.43. The van der Waals surface area contributed by atoms with Crippen LogP contribution < -0.4 is 0 Å². The summed E-state index contributed by atoms with van der Waals surface area (Å²) in [5.41, 5.74) is 9.24. The van der Waals surface area contributed by atoms with Crippen LogP contribution in [-0.4, -0.2) is 9.97 Å². The third kappa shape index (κ3) is 3.68. The average Bonchev–Trinajstić information content (AvgIpc) is 3.46. The second kappa shape index (κ2) is 9.32. The Morgan fingerprint density at radius 2 is 1.22 bits per heavy atom. The van der Waals surface area contributed by atoms with E-state index in [0.29, 0.717) is 0 Å². The topological polar surface area (TPSA) is 25.8 Å². The van der Waals surface area contributed by atoms with E-state index in [1.165, 1.54) is 53.2 Å². The Bertz CT molecular complexity index is 2480. The van der Waals surface area contributed by atoms with Gasteiger partial charge in [-0.2, -0.15) is 0 Å². The molecule has 0 amide bonds. The molecule has 1 aliphatic carbocycles. The van der Waals surface area contributed by atoms with Gasteiger partial charge in [-0.05, 0) is 62.7 Å². The first-order chi connectivity index (χ1) is 21.8. The van der Waals surface area contributed by atoms with E-state index < -0.39 is 0 Å². The van der Waals surface area contributed by atoms with Crippen LogP contribution >= 0.6 is 11.3 Å². The van der Waals surface area contributed by atoms with Crippen LogP contribution in [0.5, 0.6) is 0 Å². The Labute approximate surface area is 267 Å². The maximum Gasteiger partial charge on any atom is 0.160 e. The van der Waals surface area contributed by atoms with Crippen LogP contribution in [0.25, 0.3) is 75.6 Å². The van der Waals surface area contributed by atoms with Gasteiger partial charge in [0, 0.05) is 42.1 Å². The van der Waals surface area contributed by atoms with Gasteiger partial charge in [0.2, 0.25) is 0 Å². The highest BCUT2D eigenvalue weighted by atomic mass is 32.1. The minimum Gasteiger partial charge on any atom is -0.228 e. The number of thiophene rings is 1. The molecule has 6 aromatic carbocycles. The van der Waals surface area contributed by atoms with Crippen molar-refractivity contribution in [3.8, 4) is 33.8 Å². The van der Waals surface area contributed by atoms with Crippen molar-refractivity contribution in [1.82, 2.24) is 9.97 Å². The van der Waals surface area contributed by atoms with Crippen LogP contribution in [0.2, 0.25) is 0 Å². The molecule has 0 atom stereocenters. The molecule has 0 fully saturated rings. The highest BCUT2D eigenvalue weighted by Crippen LogP contribution is 2.58. The van der Waals surface area contributed by atoms with Crippen LogP contribution in [0.3, 0.4) is 0 Å². The number of rotatable bonds is 2. The Kier molecular flexibility index (Phi) is 5.50. The molecular weight excluding hydrogens is 565 g/mol. The zero-order valence-electron chi connectivity index (χ0n) is 25.8. The molecule has 0 N–H and O–H groups in total. The summed E-state index contributed by atoms with van der Waals surface area (Å²) in [5, 5.41) is 6.52. The normalized spacial score (nSPS) is 15.0. The minimum atomic E-state index is -0.155. The van der Waals surface area contributed by atoms with Gasteiger partial charge in [0.15, 0.2) is 5.82 Å². The quantitative estimate of drug-likeness (QED) is 0.198. The maximum absolute atomic E-state index is 5.21. The number of hydrogen-bond acceptors (Lipinski definition) is 3. The number of aromatic nitrogens is 2. The van der Waals surface area contributed by atoms with Gasteiger partial charge in [-0.1, -0.05) is 125 Å². The molecule has 0 aliphatic heterocycles. The number of benzene rings is 6. The smallest absolute Gasteiger partial charge is 0.160 e. The van der Waals surface area contributed by atoms with Gasteiger partial charge in [-0.25, -0.2) is 9.97 Å². The van der Waals surface area contributed by atoms with Gasteiger partial charge in [-0.15, -0.1) is 11.3 Å². The summed E-state index contributed by atoms with van der Waals surface area (Å²) in [5.74, 6) is 0.764. The predicted octanol–water partition coefficient (Wildman–Crippen LogP) is 11.7. The molecule has 45 heavy (non-hydrogen) atoms. The molecule has 2 heterocycles. The lowest BCUT2D eigenvalue weighted by atomic mass is 9.54. The van der Waals surface area contributed by atoms with E-state index in [1.54, 1.807) is 0 Å². The van der Waals surface area contributed by atoms with E-state index in [4.69, 9.17) is 9.97 Å². The van der Waals surface area contributed by atoms with Gasteiger partial charge < -0.3 is 0 Å². The summed E-state index contributed by atoms with van der Waals surface area (Å²) in [6.45, 7) is 9.71. The summed E-state index contributed by atoms with van der Waals surface area (Å²) in [7, 11) is 0. The van der Waals surface area contributed by atoms with Gasteiger partial charge in [0.05, 0.1) is 11.2 Å². The fourth-order valence-corrected chi connectivity index (χ4v) is 8.74. The molecule has 0 spiro atoms. The molecule has 0 saturated carbocycles. The first-order valence-corrected chi connectivity index (χ1v) is 16.5. The Morgan fingerprint density at radius 1 is 0.533 bits per heavy atom. The van der Waals surface area contributed by atoms with Crippen LogP contribution in [0.4, 0.5) is 0 Å². The van der Waals surface area contributed by atoms with E-state index in [0.717, 1.165) is 33.5 Å². The van der Waals surface area contributed by atoms with Crippen molar-refractivity contribution in [2.45, 2.75) is 38.5 Å². The lowest BCUT2D eigenvalue weighted by molar-refractivity contribution is 0.301. The first kappa shape index (κ1) is 26.5.